The molecular formula is C10H11BrN2O2. The van der Waals surface area contributed by atoms with Crippen molar-refractivity contribution >= 4 is 26.8 Å². The molecule has 1 aromatic carbocycles. The molecule has 0 bridgehead atoms. The van der Waals surface area contributed by atoms with Crippen molar-refractivity contribution in [2.75, 3.05) is 13.2 Å². The van der Waals surface area contributed by atoms with E-state index in [0.29, 0.717) is 18.9 Å². The fourth-order valence-electron chi connectivity index (χ4n) is 1.31. The average molecular weight is 271 g/mol. The molecule has 0 fully saturated rings. The lowest BCUT2D eigenvalue weighted by Crippen LogP contribution is -1.99. The molecule has 0 unspecified atom stereocenters. The van der Waals surface area contributed by atoms with Crippen molar-refractivity contribution in [1.29, 1.82) is 0 Å². The number of fused-ring (bicyclic) bond motifs is 1. The van der Waals surface area contributed by atoms with Gasteiger partial charge >= 0.3 is 0 Å². The SMILES string of the molecule is OCCCOc1n[nH]c2ccc(Br)cc12. The van der Waals surface area contributed by atoms with Crippen molar-refractivity contribution in [3.05, 3.63) is 22.7 Å². The predicted octanol–water partition coefficient (Wildman–Crippen LogP) is 2.09. The van der Waals surface area contributed by atoms with E-state index in [-0.39, 0.29) is 6.61 Å². The van der Waals surface area contributed by atoms with Crippen LogP contribution in [0.2, 0.25) is 0 Å². The topological polar surface area (TPSA) is 58.1 Å². The van der Waals surface area contributed by atoms with E-state index in [0.717, 1.165) is 15.4 Å². The highest BCUT2D eigenvalue weighted by molar-refractivity contribution is 9.10. The van der Waals surface area contributed by atoms with Gasteiger partial charge < -0.3 is 9.84 Å². The Hall–Kier alpha value is -1.07. The van der Waals surface area contributed by atoms with E-state index in [2.05, 4.69) is 26.1 Å². The van der Waals surface area contributed by atoms with Gasteiger partial charge in [0.05, 0.1) is 17.5 Å². The van der Waals surface area contributed by atoms with Crippen molar-refractivity contribution in [1.82, 2.24) is 10.2 Å². The number of H-pyrrole nitrogens is 1. The van der Waals surface area contributed by atoms with Crippen molar-refractivity contribution in [2.45, 2.75) is 6.42 Å². The smallest absolute Gasteiger partial charge is 0.240 e. The Labute approximate surface area is 95.4 Å². The third-order valence-corrected chi connectivity index (χ3v) is 2.52. The summed E-state index contributed by atoms with van der Waals surface area (Å²) in [4.78, 5) is 0. The Morgan fingerprint density at radius 1 is 1.47 bits per heavy atom. The first-order chi connectivity index (χ1) is 7.31. The van der Waals surface area contributed by atoms with Crippen molar-refractivity contribution in [3.8, 4) is 5.88 Å². The molecule has 1 aromatic heterocycles. The molecule has 0 saturated heterocycles. The molecule has 2 N–H and O–H groups in total. The number of aliphatic hydroxyl groups excluding tert-OH is 1. The van der Waals surface area contributed by atoms with Gasteiger partial charge in [0.1, 0.15) is 0 Å². The zero-order chi connectivity index (χ0) is 10.7. The second-order valence-electron chi connectivity index (χ2n) is 3.14. The van der Waals surface area contributed by atoms with Crippen LogP contribution in [0.25, 0.3) is 10.9 Å². The van der Waals surface area contributed by atoms with Gasteiger partial charge in [0, 0.05) is 17.5 Å². The minimum atomic E-state index is 0.131. The molecule has 4 nitrogen and oxygen atoms in total. The van der Waals surface area contributed by atoms with Gasteiger partial charge in [-0.25, -0.2) is 0 Å². The van der Waals surface area contributed by atoms with Crippen LogP contribution in [-0.4, -0.2) is 28.5 Å². The number of hydrogen-bond donors (Lipinski definition) is 2. The second-order valence-corrected chi connectivity index (χ2v) is 4.06. The van der Waals surface area contributed by atoms with Gasteiger partial charge in [-0.1, -0.05) is 15.9 Å². The number of nitrogens with zero attached hydrogens (tertiary/aromatic N) is 1. The number of aromatic nitrogens is 2. The molecule has 0 aliphatic heterocycles. The van der Waals surface area contributed by atoms with E-state index >= 15 is 0 Å². The number of rotatable bonds is 4. The Morgan fingerprint density at radius 2 is 2.33 bits per heavy atom. The number of benzene rings is 1. The minimum Gasteiger partial charge on any atom is -0.476 e. The number of aromatic amines is 1. The van der Waals surface area contributed by atoms with E-state index in [1.54, 1.807) is 0 Å². The summed E-state index contributed by atoms with van der Waals surface area (Å²) in [5, 5.41) is 16.5. The van der Waals surface area contributed by atoms with Crippen LogP contribution in [0.4, 0.5) is 0 Å². The zero-order valence-electron chi connectivity index (χ0n) is 8.03. The minimum absolute atomic E-state index is 0.131. The van der Waals surface area contributed by atoms with Gasteiger partial charge in [-0.3, -0.25) is 5.10 Å². The number of nitrogens with one attached hydrogen (secondary N) is 1. The van der Waals surface area contributed by atoms with Crippen LogP contribution in [0.1, 0.15) is 6.42 Å². The summed E-state index contributed by atoms with van der Waals surface area (Å²) >= 11 is 3.40. The largest absolute Gasteiger partial charge is 0.476 e. The third kappa shape index (κ3) is 2.30. The highest BCUT2D eigenvalue weighted by Gasteiger charge is 2.06. The zero-order valence-corrected chi connectivity index (χ0v) is 9.62. The van der Waals surface area contributed by atoms with Gasteiger partial charge in [-0.05, 0) is 18.2 Å². The molecule has 0 aliphatic rings. The molecule has 1 heterocycles. The van der Waals surface area contributed by atoms with E-state index in [4.69, 9.17) is 9.84 Å². The summed E-state index contributed by atoms with van der Waals surface area (Å²) in [7, 11) is 0. The van der Waals surface area contributed by atoms with Crippen LogP contribution in [0.3, 0.4) is 0 Å². The summed E-state index contributed by atoms with van der Waals surface area (Å²) in [5.74, 6) is 0.583. The van der Waals surface area contributed by atoms with E-state index in [1.165, 1.54) is 0 Å². The monoisotopic (exact) mass is 270 g/mol. The van der Waals surface area contributed by atoms with Crippen LogP contribution in [0, 0.1) is 0 Å². The van der Waals surface area contributed by atoms with Crippen molar-refractivity contribution in [3.63, 3.8) is 0 Å². The molecule has 0 atom stereocenters. The first-order valence-electron chi connectivity index (χ1n) is 4.68. The molecule has 5 heteroatoms. The second kappa shape index (κ2) is 4.63. The molecule has 0 spiro atoms. The number of hydrogen-bond acceptors (Lipinski definition) is 3. The van der Waals surface area contributed by atoms with Gasteiger partial charge in [-0.15, -0.1) is 5.10 Å². The number of aliphatic hydroxyl groups is 1. The molecule has 2 aromatic rings. The van der Waals surface area contributed by atoms with Crippen LogP contribution < -0.4 is 4.74 Å². The summed E-state index contributed by atoms with van der Waals surface area (Å²) in [5.41, 5.74) is 0.942. The van der Waals surface area contributed by atoms with Crippen LogP contribution in [0.15, 0.2) is 22.7 Å². The normalized spacial score (nSPS) is 10.8. The van der Waals surface area contributed by atoms with Crippen molar-refractivity contribution < 1.29 is 9.84 Å². The van der Waals surface area contributed by atoms with E-state index < -0.39 is 0 Å². The molecule has 0 saturated carbocycles. The molecule has 2 rings (SSSR count). The predicted molar refractivity (Wildman–Crippen MR) is 61.0 cm³/mol. The molecule has 0 aliphatic carbocycles. The first kappa shape index (κ1) is 10.4. The van der Waals surface area contributed by atoms with Gasteiger partial charge in [0.15, 0.2) is 0 Å². The molecule has 80 valence electrons. The van der Waals surface area contributed by atoms with Gasteiger partial charge in [0.2, 0.25) is 5.88 Å². The standard InChI is InChI=1S/C10H11BrN2O2/c11-7-2-3-9-8(6-7)10(13-12-9)15-5-1-4-14/h2-3,6,14H,1,4-5H2,(H,12,13). The lowest BCUT2D eigenvalue weighted by Gasteiger charge is -2.00. The average Bonchev–Trinajstić information content (AvgIpc) is 2.62. The lowest BCUT2D eigenvalue weighted by atomic mass is 10.2. The van der Waals surface area contributed by atoms with Crippen LogP contribution in [-0.2, 0) is 0 Å². The van der Waals surface area contributed by atoms with Gasteiger partial charge in [-0.2, -0.15) is 0 Å². The maximum Gasteiger partial charge on any atom is 0.240 e. The lowest BCUT2D eigenvalue weighted by molar-refractivity contribution is 0.230. The van der Waals surface area contributed by atoms with Crippen LogP contribution >= 0.6 is 15.9 Å². The quantitative estimate of drug-likeness (QED) is 0.837. The molecular weight excluding hydrogens is 260 g/mol. The molecule has 0 radical (unpaired) electrons. The highest BCUT2D eigenvalue weighted by atomic mass is 79.9. The first-order valence-corrected chi connectivity index (χ1v) is 5.48. The highest BCUT2D eigenvalue weighted by Crippen LogP contribution is 2.25. The Morgan fingerprint density at radius 3 is 3.13 bits per heavy atom. The number of ether oxygens (including phenoxy) is 1. The maximum absolute atomic E-state index is 8.64. The molecule has 0 amide bonds. The van der Waals surface area contributed by atoms with Gasteiger partial charge in [0.25, 0.3) is 0 Å². The number of halogens is 1. The molecule has 15 heavy (non-hydrogen) atoms. The fraction of sp³-hybridized carbons (Fsp3) is 0.300. The van der Waals surface area contributed by atoms with E-state index in [1.807, 2.05) is 18.2 Å². The Balaban J connectivity index is 2.23. The van der Waals surface area contributed by atoms with Crippen LogP contribution in [0.5, 0.6) is 5.88 Å². The van der Waals surface area contributed by atoms with Crippen molar-refractivity contribution in [2.24, 2.45) is 0 Å². The maximum atomic E-state index is 8.64. The summed E-state index contributed by atoms with van der Waals surface area (Å²) < 4.78 is 6.42. The summed E-state index contributed by atoms with van der Waals surface area (Å²) in [6, 6.07) is 5.83. The summed E-state index contributed by atoms with van der Waals surface area (Å²) in [6.07, 6.45) is 0.613. The third-order valence-electron chi connectivity index (χ3n) is 2.03. The fourth-order valence-corrected chi connectivity index (χ4v) is 1.67. The van der Waals surface area contributed by atoms with E-state index in [9.17, 15) is 0 Å². The Bertz CT molecular complexity index is 456. The summed E-state index contributed by atoms with van der Waals surface area (Å²) in [6.45, 7) is 0.606. The Kier molecular flexibility index (Phi) is 3.23.